The third-order valence-electron chi connectivity index (χ3n) is 5.09. The van der Waals surface area contributed by atoms with E-state index in [2.05, 4.69) is 42.0 Å². The molecular weight excluding hydrogens is 396 g/mol. The van der Waals surface area contributed by atoms with Crippen LogP contribution in [-0.4, -0.2) is 43.0 Å². The highest BCUT2D eigenvalue weighted by atomic mass is 32.2. The molecule has 2 aromatic carbocycles. The van der Waals surface area contributed by atoms with Gasteiger partial charge in [-0.2, -0.15) is 0 Å². The fraction of sp³-hybridized carbons (Fsp3) is 0.273. The lowest BCUT2D eigenvalue weighted by atomic mass is 10.2. The zero-order valence-corrected chi connectivity index (χ0v) is 17.3. The number of aromatic nitrogens is 5. The molecule has 8 heteroatoms. The maximum atomic E-state index is 5.84. The van der Waals surface area contributed by atoms with Crippen molar-refractivity contribution >= 4 is 11.8 Å². The van der Waals surface area contributed by atoms with Gasteiger partial charge < -0.3 is 4.42 Å². The molecule has 4 aromatic rings. The smallest absolute Gasteiger partial charge is 0.247 e. The van der Waals surface area contributed by atoms with E-state index in [1.165, 1.54) is 12.8 Å². The maximum Gasteiger partial charge on any atom is 0.247 e. The average molecular weight is 419 g/mol. The Labute approximate surface area is 179 Å². The van der Waals surface area contributed by atoms with Crippen molar-refractivity contribution in [3.8, 4) is 17.1 Å². The van der Waals surface area contributed by atoms with E-state index in [4.69, 9.17) is 4.42 Å². The van der Waals surface area contributed by atoms with Crippen molar-refractivity contribution in [1.82, 2.24) is 29.9 Å². The number of benzene rings is 2. The molecule has 0 spiro atoms. The molecule has 0 N–H and O–H groups in total. The van der Waals surface area contributed by atoms with E-state index in [1.54, 1.807) is 11.8 Å². The molecule has 0 unspecified atom stereocenters. The maximum absolute atomic E-state index is 5.84. The van der Waals surface area contributed by atoms with Crippen molar-refractivity contribution < 1.29 is 4.42 Å². The Kier molecular flexibility index (Phi) is 5.58. The van der Waals surface area contributed by atoms with Crippen LogP contribution in [0.3, 0.4) is 0 Å². The number of rotatable bonds is 7. The Morgan fingerprint density at radius 3 is 2.33 bits per heavy atom. The lowest BCUT2D eigenvalue weighted by Crippen LogP contribution is -2.21. The molecule has 1 fully saturated rings. The summed E-state index contributed by atoms with van der Waals surface area (Å²) in [5.41, 5.74) is 1.98. The summed E-state index contributed by atoms with van der Waals surface area (Å²) in [6, 6.07) is 20.1. The first-order valence-corrected chi connectivity index (χ1v) is 11.1. The van der Waals surface area contributed by atoms with Crippen LogP contribution < -0.4 is 0 Å². The molecule has 1 saturated heterocycles. The Hall–Kier alpha value is -2.97. The number of likely N-dealkylation sites (tertiary alicyclic amines) is 1. The van der Waals surface area contributed by atoms with E-state index < -0.39 is 0 Å². The van der Waals surface area contributed by atoms with Crippen LogP contribution in [0.1, 0.15) is 24.6 Å². The van der Waals surface area contributed by atoms with Crippen LogP contribution in [0.2, 0.25) is 0 Å². The lowest BCUT2D eigenvalue weighted by molar-refractivity contribution is 0.319. The molecule has 152 valence electrons. The van der Waals surface area contributed by atoms with Gasteiger partial charge in [-0.15, -0.1) is 20.4 Å². The van der Waals surface area contributed by atoms with Crippen LogP contribution in [0.15, 0.2) is 70.2 Å². The molecule has 30 heavy (non-hydrogen) atoms. The molecule has 0 atom stereocenters. The van der Waals surface area contributed by atoms with Gasteiger partial charge in [-0.3, -0.25) is 9.47 Å². The molecule has 7 nitrogen and oxygen atoms in total. The summed E-state index contributed by atoms with van der Waals surface area (Å²) >= 11 is 1.56. The van der Waals surface area contributed by atoms with Gasteiger partial charge in [0.15, 0.2) is 11.0 Å². The number of thioether (sulfide) groups is 1. The molecule has 0 amide bonds. The quantitative estimate of drug-likeness (QED) is 0.416. The largest absolute Gasteiger partial charge is 0.420 e. The first kappa shape index (κ1) is 19.0. The van der Waals surface area contributed by atoms with E-state index in [-0.39, 0.29) is 0 Å². The Balaban J connectivity index is 1.36. The standard InChI is InChI=1S/C22H22N6OS/c1-3-9-17(10-4-1)21-25-24-20(29-21)16-30-22-26-23-19(15-27-13-7-8-14-27)28(22)18-11-5-2-6-12-18/h1-6,9-12H,7-8,13-16H2. The summed E-state index contributed by atoms with van der Waals surface area (Å²) in [7, 11) is 0. The van der Waals surface area contributed by atoms with Gasteiger partial charge in [0.05, 0.1) is 12.3 Å². The summed E-state index contributed by atoms with van der Waals surface area (Å²) in [4.78, 5) is 2.43. The molecule has 1 aliphatic heterocycles. The van der Waals surface area contributed by atoms with Crippen LogP contribution >= 0.6 is 11.8 Å². The van der Waals surface area contributed by atoms with Crippen molar-refractivity contribution in [2.75, 3.05) is 13.1 Å². The highest BCUT2D eigenvalue weighted by molar-refractivity contribution is 7.98. The highest BCUT2D eigenvalue weighted by Crippen LogP contribution is 2.27. The van der Waals surface area contributed by atoms with Gasteiger partial charge in [0, 0.05) is 11.3 Å². The fourth-order valence-corrected chi connectivity index (χ4v) is 4.42. The molecule has 0 bridgehead atoms. The average Bonchev–Trinajstić information content (AvgIpc) is 3.55. The van der Waals surface area contributed by atoms with Gasteiger partial charge in [-0.05, 0) is 50.2 Å². The molecule has 0 saturated carbocycles. The van der Waals surface area contributed by atoms with E-state index in [0.29, 0.717) is 17.5 Å². The second-order valence-corrected chi connectivity index (χ2v) is 8.15. The normalized spacial score (nSPS) is 14.4. The summed E-state index contributed by atoms with van der Waals surface area (Å²) in [5, 5.41) is 18.2. The number of nitrogens with zero attached hydrogens (tertiary/aromatic N) is 6. The van der Waals surface area contributed by atoms with Gasteiger partial charge in [0.25, 0.3) is 0 Å². The van der Waals surface area contributed by atoms with Gasteiger partial charge in [-0.1, -0.05) is 48.2 Å². The molecule has 0 aliphatic carbocycles. The number of para-hydroxylation sites is 1. The second-order valence-electron chi connectivity index (χ2n) is 7.21. The van der Waals surface area contributed by atoms with Crippen LogP contribution in [0.4, 0.5) is 0 Å². The third kappa shape index (κ3) is 4.15. The molecule has 0 radical (unpaired) electrons. The minimum atomic E-state index is 0.533. The minimum Gasteiger partial charge on any atom is -0.420 e. The Bertz CT molecular complexity index is 1090. The van der Waals surface area contributed by atoms with E-state index in [0.717, 1.165) is 41.9 Å². The van der Waals surface area contributed by atoms with Gasteiger partial charge in [0.2, 0.25) is 11.8 Å². The van der Waals surface area contributed by atoms with Crippen LogP contribution in [0.5, 0.6) is 0 Å². The van der Waals surface area contributed by atoms with Gasteiger partial charge in [-0.25, -0.2) is 0 Å². The first-order valence-electron chi connectivity index (χ1n) is 10.1. The highest BCUT2D eigenvalue weighted by Gasteiger charge is 2.20. The van der Waals surface area contributed by atoms with Crippen LogP contribution in [0.25, 0.3) is 17.1 Å². The van der Waals surface area contributed by atoms with Crippen molar-refractivity contribution in [3.63, 3.8) is 0 Å². The van der Waals surface area contributed by atoms with E-state index in [9.17, 15) is 0 Å². The van der Waals surface area contributed by atoms with E-state index in [1.807, 2.05) is 48.5 Å². The predicted octanol–water partition coefficient (Wildman–Crippen LogP) is 4.21. The zero-order valence-electron chi connectivity index (χ0n) is 16.5. The monoisotopic (exact) mass is 418 g/mol. The molecular formula is C22H22N6OS. The number of hydrogen-bond donors (Lipinski definition) is 0. The van der Waals surface area contributed by atoms with Gasteiger partial charge in [0.1, 0.15) is 0 Å². The Morgan fingerprint density at radius 1 is 0.833 bits per heavy atom. The molecule has 2 aromatic heterocycles. The van der Waals surface area contributed by atoms with Crippen molar-refractivity contribution in [2.24, 2.45) is 0 Å². The summed E-state index contributed by atoms with van der Waals surface area (Å²) in [6.45, 7) is 3.05. The van der Waals surface area contributed by atoms with Crippen LogP contribution in [-0.2, 0) is 12.3 Å². The van der Waals surface area contributed by atoms with E-state index >= 15 is 0 Å². The fourth-order valence-electron chi connectivity index (χ4n) is 3.61. The number of hydrogen-bond acceptors (Lipinski definition) is 7. The van der Waals surface area contributed by atoms with Crippen LogP contribution in [0, 0.1) is 0 Å². The van der Waals surface area contributed by atoms with Crippen molar-refractivity contribution in [1.29, 1.82) is 0 Å². The predicted molar refractivity (Wildman–Crippen MR) is 115 cm³/mol. The summed E-state index contributed by atoms with van der Waals surface area (Å²) < 4.78 is 7.98. The zero-order chi connectivity index (χ0) is 20.2. The van der Waals surface area contributed by atoms with Crippen molar-refractivity contribution in [3.05, 3.63) is 72.4 Å². The van der Waals surface area contributed by atoms with Gasteiger partial charge >= 0.3 is 0 Å². The molecule has 1 aliphatic rings. The first-order chi connectivity index (χ1) is 14.9. The SMILES string of the molecule is c1ccc(-c2nnc(CSc3nnc(CN4CCCC4)n3-c3ccccc3)o2)cc1. The summed E-state index contributed by atoms with van der Waals surface area (Å²) in [6.07, 6.45) is 2.50. The third-order valence-corrected chi connectivity index (χ3v) is 6.00. The van der Waals surface area contributed by atoms with Crippen molar-refractivity contribution in [2.45, 2.75) is 30.3 Å². The molecule has 5 rings (SSSR count). The summed E-state index contributed by atoms with van der Waals surface area (Å²) in [5.74, 6) is 2.60. The second kappa shape index (κ2) is 8.81. The lowest BCUT2D eigenvalue weighted by Gasteiger charge is -2.15. The topological polar surface area (TPSA) is 72.9 Å². The molecule has 3 heterocycles. The Morgan fingerprint density at radius 2 is 1.57 bits per heavy atom. The minimum absolute atomic E-state index is 0.533.